The molecule has 3 aliphatic heterocycles. The number of fused-ring (bicyclic) bond motifs is 1. The van der Waals surface area contributed by atoms with Crippen LogP contribution in [-0.4, -0.2) is 67.4 Å². The number of amides is 2. The Bertz CT molecular complexity index is 1230. The summed E-state index contributed by atoms with van der Waals surface area (Å²) in [7, 11) is 1.94. The molecule has 2 amide bonds. The van der Waals surface area contributed by atoms with Crippen molar-refractivity contribution in [2.45, 2.75) is 57.1 Å². The van der Waals surface area contributed by atoms with Gasteiger partial charge in [0.15, 0.2) is 11.6 Å². The number of hydrogen-bond donors (Lipinski definition) is 2. The number of carbonyl (C=O) groups excluding carboxylic acids is 2. The van der Waals surface area contributed by atoms with Crippen LogP contribution < -0.4 is 15.5 Å². The minimum absolute atomic E-state index is 0.0630. The minimum atomic E-state index is -0.642. The van der Waals surface area contributed by atoms with Crippen molar-refractivity contribution in [1.82, 2.24) is 10.2 Å². The number of hydrogen-bond acceptors (Lipinski definition) is 6. The fourth-order valence-electron chi connectivity index (χ4n) is 5.63. The normalized spacial score (nSPS) is 21.9. The third-order valence-corrected chi connectivity index (χ3v) is 7.86. The topological polar surface area (TPSA) is 83.1 Å². The Morgan fingerprint density at radius 2 is 1.89 bits per heavy atom. The highest BCUT2D eigenvalue weighted by atomic mass is 19.1. The molecular formula is C28H34F2N4O4. The van der Waals surface area contributed by atoms with Gasteiger partial charge < -0.3 is 29.9 Å². The lowest BCUT2D eigenvalue weighted by atomic mass is 9.77. The Hall–Kier alpha value is -3.24. The molecule has 0 aliphatic carbocycles. The smallest absolute Gasteiger partial charge is 0.317 e. The van der Waals surface area contributed by atoms with E-state index in [2.05, 4.69) is 15.5 Å². The van der Waals surface area contributed by atoms with Gasteiger partial charge in [0.25, 0.3) is 0 Å². The van der Waals surface area contributed by atoms with Crippen molar-refractivity contribution < 1.29 is 27.8 Å². The quantitative estimate of drug-likeness (QED) is 0.603. The van der Waals surface area contributed by atoms with E-state index in [0.29, 0.717) is 56.8 Å². The van der Waals surface area contributed by atoms with E-state index in [1.807, 2.05) is 20.9 Å². The molecule has 3 heterocycles. The first kappa shape index (κ1) is 26.4. The zero-order valence-electron chi connectivity index (χ0n) is 22.0. The Morgan fingerprint density at radius 1 is 1.13 bits per heavy atom. The Balaban J connectivity index is 1.14. The Morgan fingerprint density at radius 3 is 2.61 bits per heavy atom. The molecule has 2 aromatic rings. The van der Waals surface area contributed by atoms with Gasteiger partial charge in [-0.1, -0.05) is 6.07 Å². The van der Waals surface area contributed by atoms with Gasteiger partial charge >= 0.3 is 6.03 Å². The molecule has 0 radical (unpaired) electrons. The standard InChI is InChI=1S/C28H34F2N4O4/c1-27(2)37-17-20(38-27)16-31-23-12-18(4-6-22(23)30)15-32-26(36)34-10-8-28(9-11-34)14-25(35)21-13-19(29)5-7-24(21)33(28)3/h4-7,12-13,20,31H,8-11,14-17H2,1-3H3,(H,32,36)/t20-/m0/s1. The van der Waals surface area contributed by atoms with Gasteiger partial charge in [0, 0.05) is 50.9 Å². The highest BCUT2D eigenvalue weighted by Gasteiger charge is 2.45. The van der Waals surface area contributed by atoms with E-state index in [1.165, 1.54) is 18.2 Å². The molecule has 1 spiro atoms. The number of nitrogens with one attached hydrogen (secondary N) is 2. The van der Waals surface area contributed by atoms with Gasteiger partial charge in [-0.25, -0.2) is 13.6 Å². The molecule has 2 aromatic carbocycles. The SMILES string of the molecule is CN1c2ccc(F)cc2C(=O)CC12CCN(C(=O)NCc1ccc(F)c(NC[C@H]3COC(C)(C)O3)c1)CC2. The van der Waals surface area contributed by atoms with Crippen molar-refractivity contribution in [3.05, 3.63) is 59.2 Å². The average molecular weight is 529 g/mol. The molecule has 5 rings (SSSR count). The third-order valence-electron chi connectivity index (χ3n) is 7.86. The van der Waals surface area contributed by atoms with Gasteiger partial charge in [0.2, 0.25) is 0 Å². The number of rotatable bonds is 5. The number of piperidine rings is 1. The van der Waals surface area contributed by atoms with Crippen LogP contribution in [0.15, 0.2) is 36.4 Å². The van der Waals surface area contributed by atoms with Crippen LogP contribution in [0.2, 0.25) is 0 Å². The maximum atomic E-state index is 14.4. The highest BCUT2D eigenvalue weighted by molar-refractivity contribution is 6.04. The van der Waals surface area contributed by atoms with E-state index in [4.69, 9.17) is 9.47 Å². The van der Waals surface area contributed by atoms with Gasteiger partial charge in [-0.2, -0.15) is 0 Å². The fraction of sp³-hybridized carbons (Fsp3) is 0.500. The van der Waals surface area contributed by atoms with E-state index < -0.39 is 11.6 Å². The fourth-order valence-corrected chi connectivity index (χ4v) is 5.63. The summed E-state index contributed by atoms with van der Waals surface area (Å²) in [5.74, 6) is -1.50. The predicted octanol–water partition coefficient (Wildman–Crippen LogP) is 4.30. The molecule has 2 saturated heterocycles. The molecule has 204 valence electrons. The summed E-state index contributed by atoms with van der Waals surface area (Å²) in [6.07, 6.45) is 1.39. The summed E-state index contributed by atoms with van der Waals surface area (Å²) in [5, 5.41) is 6.01. The number of urea groups is 1. The number of nitrogens with zero attached hydrogens (tertiary/aromatic N) is 2. The van der Waals surface area contributed by atoms with Crippen molar-refractivity contribution in [3.8, 4) is 0 Å². The number of Topliss-reactive ketones (excluding diaryl/α,β-unsaturated/α-hetero) is 1. The molecule has 2 fully saturated rings. The molecule has 10 heteroatoms. The lowest BCUT2D eigenvalue weighted by Gasteiger charge is -2.50. The Labute approximate surface area is 221 Å². The third kappa shape index (κ3) is 5.33. The van der Waals surface area contributed by atoms with Crippen LogP contribution in [-0.2, 0) is 16.0 Å². The zero-order valence-corrected chi connectivity index (χ0v) is 22.0. The van der Waals surface area contributed by atoms with Crippen molar-refractivity contribution >= 4 is 23.2 Å². The van der Waals surface area contributed by atoms with Gasteiger partial charge in [0.1, 0.15) is 17.7 Å². The van der Waals surface area contributed by atoms with Gasteiger partial charge in [-0.3, -0.25) is 4.79 Å². The van der Waals surface area contributed by atoms with Crippen LogP contribution in [0.25, 0.3) is 0 Å². The van der Waals surface area contributed by atoms with E-state index in [1.54, 1.807) is 23.1 Å². The maximum absolute atomic E-state index is 14.4. The summed E-state index contributed by atoms with van der Waals surface area (Å²) in [6, 6.07) is 8.84. The zero-order chi connectivity index (χ0) is 27.1. The summed E-state index contributed by atoms with van der Waals surface area (Å²) >= 11 is 0. The molecule has 0 unspecified atom stereocenters. The first-order valence-corrected chi connectivity index (χ1v) is 13.0. The molecule has 38 heavy (non-hydrogen) atoms. The van der Waals surface area contributed by atoms with Crippen molar-refractivity contribution in [2.75, 3.05) is 43.5 Å². The lowest BCUT2D eigenvalue weighted by Crippen LogP contribution is -2.59. The minimum Gasteiger partial charge on any atom is -0.380 e. The number of anilines is 2. The number of benzene rings is 2. The van der Waals surface area contributed by atoms with Crippen LogP contribution >= 0.6 is 0 Å². The summed E-state index contributed by atoms with van der Waals surface area (Å²) in [4.78, 5) is 29.5. The van der Waals surface area contributed by atoms with Gasteiger partial charge in [-0.15, -0.1) is 0 Å². The second kappa shape index (κ2) is 10.1. The molecule has 2 N–H and O–H groups in total. The second-order valence-corrected chi connectivity index (χ2v) is 10.8. The number of carbonyl (C=O) groups is 2. The molecule has 1 atom stereocenters. The van der Waals surface area contributed by atoms with E-state index in [-0.39, 0.29) is 35.8 Å². The van der Waals surface area contributed by atoms with Crippen LogP contribution in [0.4, 0.5) is 25.0 Å². The van der Waals surface area contributed by atoms with E-state index in [9.17, 15) is 18.4 Å². The number of ketones is 1. The molecule has 0 saturated carbocycles. The van der Waals surface area contributed by atoms with Crippen LogP contribution in [0, 0.1) is 11.6 Å². The second-order valence-electron chi connectivity index (χ2n) is 10.8. The number of halogens is 2. The molecule has 3 aliphatic rings. The molecule has 0 bridgehead atoms. The molecular weight excluding hydrogens is 494 g/mol. The molecule has 0 aromatic heterocycles. The summed E-state index contributed by atoms with van der Waals surface area (Å²) in [5.41, 5.74) is 1.87. The van der Waals surface area contributed by atoms with Gasteiger partial charge in [-0.05, 0) is 62.6 Å². The van der Waals surface area contributed by atoms with Crippen molar-refractivity contribution in [1.29, 1.82) is 0 Å². The predicted molar refractivity (Wildman–Crippen MR) is 139 cm³/mol. The average Bonchev–Trinajstić information content (AvgIpc) is 3.24. The monoisotopic (exact) mass is 528 g/mol. The number of likely N-dealkylation sites (tertiary alicyclic amines) is 1. The van der Waals surface area contributed by atoms with E-state index in [0.717, 1.165) is 11.3 Å². The van der Waals surface area contributed by atoms with Crippen molar-refractivity contribution in [2.24, 2.45) is 0 Å². The highest BCUT2D eigenvalue weighted by Crippen LogP contribution is 2.42. The largest absolute Gasteiger partial charge is 0.380 e. The lowest BCUT2D eigenvalue weighted by molar-refractivity contribution is -0.136. The first-order chi connectivity index (χ1) is 18.1. The first-order valence-electron chi connectivity index (χ1n) is 13.0. The van der Waals surface area contributed by atoms with Crippen LogP contribution in [0.5, 0.6) is 0 Å². The van der Waals surface area contributed by atoms with E-state index >= 15 is 0 Å². The Kier molecular flexibility index (Phi) is 7.04. The van der Waals surface area contributed by atoms with Crippen LogP contribution in [0.3, 0.4) is 0 Å². The maximum Gasteiger partial charge on any atom is 0.317 e. The molecule has 8 nitrogen and oxygen atoms in total. The number of ether oxygens (including phenoxy) is 2. The summed E-state index contributed by atoms with van der Waals surface area (Å²) in [6.45, 7) is 5.76. The van der Waals surface area contributed by atoms with Gasteiger partial charge in [0.05, 0.1) is 17.8 Å². The van der Waals surface area contributed by atoms with Crippen LogP contribution in [0.1, 0.15) is 49.0 Å². The van der Waals surface area contributed by atoms with Crippen molar-refractivity contribution in [3.63, 3.8) is 0 Å². The summed E-state index contributed by atoms with van der Waals surface area (Å²) < 4.78 is 39.3.